The van der Waals surface area contributed by atoms with E-state index in [9.17, 15) is 4.79 Å². The number of ether oxygens (including phenoxy) is 3. The number of carbonyl (C=O) groups excluding carboxylic acids is 1. The molecule has 2 rings (SSSR count). The van der Waals surface area contributed by atoms with Crippen LogP contribution in [-0.2, 0) is 4.74 Å². The van der Waals surface area contributed by atoms with Crippen molar-refractivity contribution in [2.24, 2.45) is 0 Å². The van der Waals surface area contributed by atoms with Gasteiger partial charge in [-0.05, 0) is 30.3 Å². The zero-order valence-electron chi connectivity index (χ0n) is 13.3. The third kappa shape index (κ3) is 4.87. The largest absolute Gasteiger partial charge is 0.493 e. The van der Waals surface area contributed by atoms with Crippen LogP contribution in [0.2, 0.25) is 5.02 Å². The Balaban J connectivity index is 2.18. The lowest BCUT2D eigenvalue weighted by molar-refractivity contribution is 0.102. The predicted octanol–water partition coefficient (Wildman–Crippen LogP) is 4.39. The molecule has 0 saturated heterocycles. The Labute approximate surface area is 154 Å². The number of carbonyl (C=O) groups is 1. The predicted molar refractivity (Wildman–Crippen MR) is 97.5 cm³/mol. The first-order valence-corrected chi connectivity index (χ1v) is 8.28. The molecule has 2 aromatic rings. The number of rotatable bonds is 7. The molecule has 0 bridgehead atoms. The van der Waals surface area contributed by atoms with Crippen LogP contribution in [0.3, 0.4) is 0 Å². The van der Waals surface area contributed by atoms with Crippen LogP contribution in [0.15, 0.2) is 40.9 Å². The normalized spacial score (nSPS) is 10.3. The van der Waals surface area contributed by atoms with Crippen molar-refractivity contribution in [2.45, 2.75) is 0 Å². The summed E-state index contributed by atoms with van der Waals surface area (Å²) in [6, 6.07) is 10.2. The summed E-state index contributed by atoms with van der Waals surface area (Å²) >= 11 is 9.41. The van der Waals surface area contributed by atoms with E-state index in [1.807, 2.05) is 0 Å². The van der Waals surface area contributed by atoms with E-state index in [1.54, 1.807) is 50.6 Å². The van der Waals surface area contributed by atoms with Crippen LogP contribution in [0.25, 0.3) is 0 Å². The second kappa shape index (κ2) is 8.92. The van der Waals surface area contributed by atoms with E-state index in [1.165, 1.54) is 0 Å². The van der Waals surface area contributed by atoms with Crippen molar-refractivity contribution in [3.05, 3.63) is 51.5 Å². The van der Waals surface area contributed by atoms with Gasteiger partial charge >= 0.3 is 0 Å². The minimum Gasteiger partial charge on any atom is -0.493 e. The molecular formula is C17H17BrClNO4. The van der Waals surface area contributed by atoms with Crippen LogP contribution in [0.4, 0.5) is 5.69 Å². The summed E-state index contributed by atoms with van der Waals surface area (Å²) < 4.78 is 16.6. The maximum atomic E-state index is 12.4. The van der Waals surface area contributed by atoms with Gasteiger partial charge in [-0.1, -0.05) is 27.5 Å². The van der Waals surface area contributed by atoms with E-state index < -0.39 is 0 Å². The summed E-state index contributed by atoms with van der Waals surface area (Å²) in [5.74, 6) is 0.784. The van der Waals surface area contributed by atoms with Crippen molar-refractivity contribution in [3.63, 3.8) is 0 Å². The van der Waals surface area contributed by atoms with Crippen LogP contribution >= 0.6 is 27.5 Å². The molecule has 24 heavy (non-hydrogen) atoms. The lowest BCUT2D eigenvalue weighted by Gasteiger charge is -2.13. The average molecular weight is 415 g/mol. The van der Waals surface area contributed by atoms with E-state index >= 15 is 0 Å². The van der Waals surface area contributed by atoms with Crippen molar-refractivity contribution in [1.29, 1.82) is 0 Å². The first-order chi connectivity index (χ1) is 11.5. The Morgan fingerprint density at radius 2 is 1.92 bits per heavy atom. The molecule has 0 aliphatic rings. The van der Waals surface area contributed by atoms with Gasteiger partial charge in [-0.3, -0.25) is 4.79 Å². The molecule has 1 N–H and O–H groups in total. The molecule has 7 heteroatoms. The molecule has 0 heterocycles. The third-order valence-corrected chi connectivity index (χ3v) is 3.96. The monoisotopic (exact) mass is 413 g/mol. The fourth-order valence-corrected chi connectivity index (χ4v) is 2.54. The van der Waals surface area contributed by atoms with Crippen molar-refractivity contribution >= 4 is 39.1 Å². The molecule has 1 amide bonds. The van der Waals surface area contributed by atoms with Gasteiger partial charge in [-0.25, -0.2) is 0 Å². The second-order valence-electron chi connectivity index (χ2n) is 4.79. The zero-order valence-corrected chi connectivity index (χ0v) is 15.6. The highest BCUT2D eigenvalue weighted by Gasteiger charge is 2.13. The van der Waals surface area contributed by atoms with Gasteiger partial charge < -0.3 is 19.5 Å². The highest BCUT2D eigenvalue weighted by Crippen LogP contribution is 2.31. The molecule has 2 aromatic carbocycles. The molecule has 0 aromatic heterocycles. The molecular weight excluding hydrogens is 398 g/mol. The van der Waals surface area contributed by atoms with Crippen LogP contribution in [0, 0.1) is 0 Å². The van der Waals surface area contributed by atoms with Gasteiger partial charge in [0.15, 0.2) is 11.5 Å². The van der Waals surface area contributed by atoms with Gasteiger partial charge in [0.2, 0.25) is 0 Å². The van der Waals surface area contributed by atoms with E-state index in [4.69, 9.17) is 25.8 Å². The number of hydrogen-bond donors (Lipinski definition) is 1. The minimum absolute atomic E-state index is 0.311. The molecule has 0 atom stereocenters. The third-order valence-electron chi connectivity index (χ3n) is 3.14. The molecule has 0 fully saturated rings. The van der Waals surface area contributed by atoms with Crippen LogP contribution in [0.1, 0.15) is 10.4 Å². The average Bonchev–Trinajstić information content (AvgIpc) is 2.57. The van der Waals surface area contributed by atoms with Gasteiger partial charge in [-0.2, -0.15) is 0 Å². The fraction of sp³-hybridized carbons (Fsp3) is 0.235. The SMILES string of the molecule is COCCOc1cc(NC(=O)c2cc(Br)ccc2Cl)ccc1OC. The summed E-state index contributed by atoms with van der Waals surface area (Å²) in [5.41, 5.74) is 0.952. The van der Waals surface area contributed by atoms with Crippen LogP contribution < -0.4 is 14.8 Å². The first kappa shape index (κ1) is 18.6. The van der Waals surface area contributed by atoms with E-state index in [0.717, 1.165) is 4.47 Å². The summed E-state index contributed by atoms with van der Waals surface area (Å²) in [7, 11) is 3.15. The number of methoxy groups -OCH3 is 2. The second-order valence-corrected chi connectivity index (χ2v) is 6.11. The zero-order chi connectivity index (χ0) is 17.5. The van der Waals surface area contributed by atoms with Crippen molar-refractivity contribution in [2.75, 3.05) is 32.8 Å². The Hall–Kier alpha value is -1.76. The highest BCUT2D eigenvalue weighted by molar-refractivity contribution is 9.10. The quantitative estimate of drug-likeness (QED) is 0.683. The van der Waals surface area contributed by atoms with Gasteiger partial charge in [0, 0.05) is 23.3 Å². The van der Waals surface area contributed by atoms with Crippen molar-refractivity contribution in [3.8, 4) is 11.5 Å². The summed E-state index contributed by atoms with van der Waals surface area (Å²) in [6.45, 7) is 0.828. The Kier molecular flexibility index (Phi) is 6.90. The number of halogens is 2. The fourth-order valence-electron chi connectivity index (χ4n) is 1.97. The van der Waals surface area contributed by atoms with Crippen LogP contribution in [0.5, 0.6) is 11.5 Å². The van der Waals surface area contributed by atoms with Gasteiger partial charge in [0.25, 0.3) is 5.91 Å². The highest BCUT2D eigenvalue weighted by atomic mass is 79.9. The van der Waals surface area contributed by atoms with Crippen molar-refractivity contribution in [1.82, 2.24) is 0 Å². The topological polar surface area (TPSA) is 56.8 Å². The number of amides is 1. The van der Waals surface area contributed by atoms with Crippen LogP contribution in [-0.4, -0.2) is 33.3 Å². The van der Waals surface area contributed by atoms with Crippen molar-refractivity contribution < 1.29 is 19.0 Å². The summed E-state index contributed by atoms with van der Waals surface area (Å²) in [5, 5.41) is 3.17. The van der Waals surface area contributed by atoms with E-state index in [0.29, 0.717) is 41.0 Å². The molecule has 0 spiro atoms. The Bertz CT molecular complexity index is 724. The Morgan fingerprint density at radius 3 is 2.62 bits per heavy atom. The lowest BCUT2D eigenvalue weighted by Crippen LogP contribution is -2.13. The number of anilines is 1. The summed E-state index contributed by atoms with van der Waals surface area (Å²) in [4.78, 5) is 12.4. The molecule has 0 aliphatic carbocycles. The number of nitrogens with one attached hydrogen (secondary N) is 1. The maximum absolute atomic E-state index is 12.4. The summed E-state index contributed by atoms with van der Waals surface area (Å²) in [6.07, 6.45) is 0. The molecule has 0 aliphatic heterocycles. The smallest absolute Gasteiger partial charge is 0.257 e. The lowest BCUT2D eigenvalue weighted by atomic mass is 10.2. The van der Waals surface area contributed by atoms with Gasteiger partial charge in [0.1, 0.15) is 6.61 Å². The number of benzene rings is 2. The molecule has 0 radical (unpaired) electrons. The maximum Gasteiger partial charge on any atom is 0.257 e. The van der Waals surface area contributed by atoms with E-state index in [2.05, 4.69) is 21.2 Å². The minimum atomic E-state index is -0.311. The molecule has 0 saturated carbocycles. The molecule has 5 nitrogen and oxygen atoms in total. The first-order valence-electron chi connectivity index (χ1n) is 7.11. The Morgan fingerprint density at radius 1 is 1.12 bits per heavy atom. The van der Waals surface area contributed by atoms with Gasteiger partial charge in [0.05, 0.1) is 24.3 Å². The van der Waals surface area contributed by atoms with Gasteiger partial charge in [-0.15, -0.1) is 0 Å². The van der Waals surface area contributed by atoms with E-state index in [-0.39, 0.29) is 5.91 Å². The number of hydrogen-bond acceptors (Lipinski definition) is 4. The molecule has 128 valence electrons. The molecule has 0 unspecified atom stereocenters. The standard InChI is InChI=1S/C17H17BrClNO4/c1-22-7-8-24-16-10-12(4-6-15(16)23-2)20-17(21)13-9-11(18)3-5-14(13)19/h3-6,9-10H,7-8H2,1-2H3,(H,20,21).